The standard InChI is InChI=1S/C12H22N4/c1-2-15(12-4-5-12)10-7-13-8-11-16-9-3-6-14-16/h3,6,9,12-13H,2,4-5,7-8,10-11H2,1H3. The molecule has 0 radical (unpaired) electrons. The van der Waals surface area contributed by atoms with Crippen molar-refractivity contribution in [2.75, 3.05) is 26.2 Å². The predicted molar refractivity (Wildman–Crippen MR) is 65.4 cm³/mol. The first-order valence-electron chi connectivity index (χ1n) is 6.32. The van der Waals surface area contributed by atoms with Crippen LogP contribution >= 0.6 is 0 Å². The van der Waals surface area contributed by atoms with Crippen LogP contribution < -0.4 is 5.32 Å². The predicted octanol–water partition coefficient (Wildman–Crippen LogP) is 0.957. The van der Waals surface area contributed by atoms with E-state index in [2.05, 4.69) is 22.2 Å². The van der Waals surface area contributed by atoms with Gasteiger partial charge in [0, 0.05) is 38.1 Å². The lowest BCUT2D eigenvalue weighted by molar-refractivity contribution is 0.276. The van der Waals surface area contributed by atoms with E-state index in [4.69, 9.17) is 0 Å². The molecule has 1 aliphatic rings. The Bertz CT molecular complexity index is 279. The van der Waals surface area contributed by atoms with Gasteiger partial charge in [0.05, 0.1) is 6.54 Å². The Hall–Kier alpha value is -0.870. The van der Waals surface area contributed by atoms with Gasteiger partial charge in [0.2, 0.25) is 0 Å². The number of likely N-dealkylation sites (N-methyl/N-ethyl adjacent to an activating group) is 1. The highest BCUT2D eigenvalue weighted by Gasteiger charge is 2.26. The first kappa shape index (κ1) is 11.6. The number of nitrogens with one attached hydrogen (secondary N) is 1. The summed E-state index contributed by atoms with van der Waals surface area (Å²) < 4.78 is 1.96. The van der Waals surface area contributed by atoms with Crippen molar-refractivity contribution in [1.82, 2.24) is 20.0 Å². The molecule has 0 aromatic carbocycles. The van der Waals surface area contributed by atoms with Crippen molar-refractivity contribution in [1.29, 1.82) is 0 Å². The molecule has 2 rings (SSSR count). The van der Waals surface area contributed by atoms with Crippen LogP contribution in [0.2, 0.25) is 0 Å². The second kappa shape index (κ2) is 6.01. The Morgan fingerprint density at radius 1 is 1.44 bits per heavy atom. The summed E-state index contributed by atoms with van der Waals surface area (Å²) in [6.07, 6.45) is 6.64. The summed E-state index contributed by atoms with van der Waals surface area (Å²) >= 11 is 0. The Labute approximate surface area is 97.6 Å². The quantitative estimate of drug-likeness (QED) is 0.665. The van der Waals surface area contributed by atoms with E-state index in [1.165, 1.54) is 25.9 Å². The van der Waals surface area contributed by atoms with E-state index in [0.29, 0.717) is 0 Å². The van der Waals surface area contributed by atoms with Gasteiger partial charge < -0.3 is 5.32 Å². The molecule has 1 aromatic heterocycles. The highest BCUT2D eigenvalue weighted by Crippen LogP contribution is 2.25. The van der Waals surface area contributed by atoms with Crippen molar-refractivity contribution in [2.45, 2.75) is 32.4 Å². The van der Waals surface area contributed by atoms with Crippen LogP contribution in [0, 0.1) is 0 Å². The molecule has 0 spiro atoms. The molecule has 0 aliphatic heterocycles. The molecule has 16 heavy (non-hydrogen) atoms. The second-order valence-corrected chi connectivity index (χ2v) is 4.38. The summed E-state index contributed by atoms with van der Waals surface area (Å²) in [4.78, 5) is 2.57. The van der Waals surface area contributed by atoms with Crippen molar-refractivity contribution < 1.29 is 0 Å². The van der Waals surface area contributed by atoms with Crippen LogP contribution in [-0.2, 0) is 6.54 Å². The van der Waals surface area contributed by atoms with Gasteiger partial charge in [0.15, 0.2) is 0 Å². The van der Waals surface area contributed by atoms with E-state index < -0.39 is 0 Å². The Kier molecular flexibility index (Phi) is 4.36. The van der Waals surface area contributed by atoms with Crippen LogP contribution in [0.4, 0.5) is 0 Å². The molecule has 4 nitrogen and oxygen atoms in total. The van der Waals surface area contributed by atoms with Crippen molar-refractivity contribution in [2.24, 2.45) is 0 Å². The van der Waals surface area contributed by atoms with Gasteiger partial charge in [-0.3, -0.25) is 9.58 Å². The van der Waals surface area contributed by atoms with Crippen molar-refractivity contribution in [3.63, 3.8) is 0 Å². The molecule has 0 bridgehead atoms. The van der Waals surface area contributed by atoms with Gasteiger partial charge in [-0.05, 0) is 25.5 Å². The zero-order chi connectivity index (χ0) is 11.2. The van der Waals surface area contributed by atoms with Gasteiger partial charge in [-0.15, -0.1) is 0 Å². The summed E-state index contributed by atoms with van der Waals surface area (Å²) in [7, 11) is 0. The monoisotopic (exact) mass is 222 g/mol. The lowest BCUT2D eigenvalue weighted by atomic mass is 10.4. The molecule has 4 heteroatoms. The molecular formula is C12H22N4. The van der Waals surface area contributed by atoms with Crippen molar-refractivity contribution in [3.8, 4) is 0 Å². The molecule has 1 saturated carbocycles. The molecule has 0 amide bonds. The molecule has 1 aromatic rings. The Morgan fingerprint density at radius 3 is 2.94 bits per heavy atom. The summed E-state index contributed by atoms with van der Waals surface area (Å²) in [5.41, 5.74) is 0. The first-order chi connectivity index (χ1) is 7.90. The Balaban J connectivity index is 1.51. The third-order valence-electron chi connectivity index (χ3n) is 3.12. The SMILES string of the molecule is CCN(CCNCCn1cccn1)C1CC1. The van der Waals surface area contributed by atoms with Crippen molar-refractivity contribution >= 4 is 0 Å². The zero-order valence-corrected chi connectivity index (χ0v) is 10.1. The minimum absolute atomic E-state index is 0.887. The van der Waals surface area contributed by atoms with Gasteiger partial charge >= 0.3 is 0 Å². The number of hydrogen-bond donors (Lipinski definition) is 1. The first-order valence-corrected chi connectivity index (χ1v) is 6.32. The summed E-state index contributed by atoms with van der Waals surface area (Å²) in [6, 6.07) is 2.85. The topological polar surface area (TPSA) is 33.1 Å². The lowest BCUT2D eigenvalue weighted by Gasteiger charge is -2.19. The van der Waals surface area contributed by atoms with E-state index in [-0.39, 0.29) is 0 Å². The van der Waals surface area contributed by atoms with Crippen LogP contribution in [-0.4, -0.2) is 46.9 Å². The van der Waals surface area contributed by atoms with Crippen molar-refractivity contribution in [3.05, 3.63) is 18.5 Å². The molecule has 0 saturated heterocycles. The fourth-order valence-electron chi connectivity index (χ4n) is 2.01. The largest absolute Gasteiger partial charge is 0.314 e. The highest BCUT2D eigenvalue weighted by molar-refractivity contribution is 4.84. The van der Waals surface area contributed by atoms with E-state index in [0.717, 1.165) is 25.7 Å². The van der Waals surface area contributed by atoms with Crippen LogP contribution in [0.5, 0.6) is 0 Å². The maximum Gasteiger partial charge on any atom is 0.0533 e. The number of rotatable bonds is 8. The molecule has 1 fully saturated rings. The van der Waals surface area contributed by atoms with E-state index in [1.807, 2.05) is 23.1 Å². The maximum absolute atomic E-state index is 4.17. The van der Waals surface area contributed by atoms with Gasteiger partial charge in [0.1, 0.15) is 0 Å². The molecule has 0 unspecified atom stereocenters. The maximum atomic E-state index is 4.17. The van der Waals surface area contributed by atoms with Gasteiger partial charge in [0.25, 0.3) is 0 Å². The zero-order valence-electron chi connectivity index (χ0n) is 10.1. The molecule has 0 atom stereocenters. The molecule has 1 aliphatic carbocycles. The molecular weight excluding hydrogens is 200 g/mol. The number of nitrogens with zero attached hydrogens (tertiary/aromatic N) is 3. The molecule has 1 N–H and O–H groups in total. The lowest BCUT2D eigenvalue weighted by Crippen LogP contribution is -2.34. The fourth-order valence-corrected chi connectivity index (χ4v) is 2.01. The van der Waals surface area contributed by atoms with Crippen LogP contribution in [0.15, 0.2) is 18.5 Å². The summed E-state index contributed by atoms with van der Waals surface area (Å²) in [5.74, 6) is 0. The smallest absolute Gasteiger partial charge is 0.0533 e. The summed E-state index contributed by atoms with van der Waals surface area (Å²) in [5, 5.41) is 7.64. The third-order valence-corrected chi connectivity index (χ3v) is 3.12. The normalized spacial score (nSPS) is 15.9. The van der Waals surface area contributed by atoms with Gasteiger partial charge in [-0.2, -0.15) is 5.10 Å². The second-order valence-electron chi connectivity index (χ2n) is 4.38. The summed E-state index contributed by atoms with van der Waals surface area (Å²) in [6.45, 7) is 7.67. The van der Waals surface area contributed by atoms with E-state index >= 15 is 0 Å². The highest BCUT2D eigenvalue weighted by atomic mass is 15.3. The molecule has 90 valence electrons. The van der Waals surface area contributed by atoms with Crippen LogP contribution in [0.3, 0.4) is 0 Å². The third kappa shape index (κ3) is 3.61. The average molecular weight is 222 g/mol. The van der Waals surface area contributed by atoms with Gasteiger partial charge in [-0.25, -0.2) is 0 Å². The van der Waals surface area contributed by atoms with E-state index in [1.54, 1.807) is 0 Å². The average Bonchev–Trinajstić information content (AvgIpc) is 3.01. The Morgan fingerprint density at radius 2 is 2.31 bits per heavy atom. The number of hydrogen-bond acceptors (Lipinski definition) is 3. The molecule has 1 heterocycles. The van der Waals surface area contributed by atoms with Crippen LogP contribution in [0.25, 0.3) is 0 Å². The van der Waals surface area contributed by atoms with Gasteiger partial charge in [-0.1, -0.05) is 6.92 Å². The minimum Gasteiger partial charge on any atom is -0.314 e. The minimum atomic E-state index is 0.887. The number of aromatic nitrogens is 2. The van der Waals surface area contributed by atoms with Crippen LogP contribution in [0.1, 0.15) is 19.8 Å². The fraction of sp³-hybridized carbons (Fsp3) is 0.750. The van der Waals surface area contributed by atoms with E-state index in [9.17, 15) is 0 Å².